The van der Waals surface area contributed by atoms with E-state index in [9.17, 15) is 0 Å². The van der Waals surface area contributed by atoms with Crippen LogP contribution in [0.4, 0.5) is 0 Å². The average molecular weight is 232 g/mol. The molecule has 6 heteroatoms. The lowest BCUT2D eigenvalue weighted by Gasteiger charge is -2.25. The summed E-state index contributed by atoms with van der Waals surface area (Å²) in [6.45, 7) is 2.69. The van der Waals surface area contributed by atoms with Gasteiger partial charge in [0.25, 0.3) is 0 Å². The summed E-state index contributed by atoms with van der Waals surface area (Å²) < 4.78 is 10.1. The molecule has 1 aromatic heterocycles. The van der Waals surface area contributed by atoms with Crippen molar-refractivity contribution in [3.05, 3.63) is 10.0 Å². The molecule has 2 saturated heterocycles. The van der Waals surface area contributed by atoms with E-state index in [1.54, 1.807) is 0 Å². The third-order valence-electron chi connectivity index (χ3n) is 2.88. The summed E-state index contributed by atoms with van der Waals surface area (Å²) in [4.78, 5) is 2.39. The molecule has 2 unspecified atom stereocenters. The van der Waals surface area contributed by atoms with Crippen molar-refractivity contribution < 1.29 is 4.74 Å². The molecule has 14 heavy (non-hydrogen) atoms. The molecular weight excluding hydrogens is 222 g/mol. The second-order valence-corrected chi connectivity index (χ2v) is 5.12. The maximum atomic E-state index is 5.96. The van der Waals surface area contributed by atoms with E-state index in [4.69, 9.17) is 16.3 Å². The molecule has 0 spiro atoms. The number of fused-ring (bicyclic) bond motifs is 2. The van der Waals surface area contributed by atoms with Gasteiger partial charge in [-0.05, 0) is 6.42 Å². The standard InChI is InChI=1S/C8H10ClN3OS/c9-8-7(10-11-14-8)3-12-2-6-1-5(12)4-13-6/h5-6H,1-4H2. The van der Waals surface area contributed by atoms with Crippen molar-refractivity contribution in [3.63, 3.8) is 0 Å². The van der Waals surface area contributed by atoms with Crippen LogP contribution in [-0.2, 0) is 11.3 Å². The van der Waals surface area contributed by atoms with Gasteiger partial charge in [-0.15, -0.1) is 5.10 Å². The van der Waals surface area contributed by atoms with Crippen LogP contribution in [0.25, 0.3) is 0 Å². The lowest BCUT2D eigenvalue weighted by molar-refractivity contribution is 0.0268. The van der Waals surface area contributed by atoms with Gasteiger partial charge < -0.3 is 4.74 Å². The van der Waals surface area contributed by atoms with Crippen molar-refractivity contribution in [2.24, 2.45) is 0 Å². The van der Waals surface area contributed by atoms with Gasteiger partial charge in [0.2, 0.25) is 0 Å². The van der Waals surface area contributed by atoms with Gasteiger partial charge in [0.05, 0.1) is 12.7 Å². The van der Waals surface area contributed by atoms with Crippen LogP contribution in [0.15, 0.2) is 0 Å². The Morgan fingerprint density at radius 1 is 1.64 bits per heavy atom. The molecule has 2 fully saturated rings. The number of morpholine rings is 1. The summed E-state index contributed by atoms with van der Waals surface area (Å²) >= 11 is 7.21. The highest BCUT2D eigenvalue weighted by Gasteiger charge is 2.39. The molecule has 0 radical (unpaired) electrons. The summed E-state index contributed by atoms with van der Waals surface area (Å²) in [5, 5.41) is 4.02. The molecule has 2 aliphatic heterocycles. The van der Waals surface area contributed by atoms with E-state index in [0.717, 1.165) is 31.8 Å². The van der Waals surface area contributed by atoms with Gasteiger partial charge in [-0.2, -0.15) is 0 Å². The van der Waals surface area contributed by atoms with Crippen LogP contribution in [-0.4, -0.2) is 39.8 Å². The molecule has 0 saturated carbocycles. The molecular formula is C8H10ClN3OS. The third-order valence-corrected chi connectivity index (χ3v) is 3.86. The second-order valence-electron chi connectivity index (χ2n) is 3.77. The molecule has 3 rings (SSSR count). The Bertz CT molecular complexity index is 345. The van der Waals surface area contributed by atoms with E-state index >= 15 is 0 Å². The van der Waals surface area contributed by atoms with Gasteiger partial charge >= 0.3 is 0 Å². The van der Waals surface area contributed by atoms with Gasteiger partial charge in [0.15, 0.2) is 0 Å². The molecule has 0 N–H and O–H groups in total. The third kappa shape index (κ3) is 1.44. The fourth-order valence-electron chi connectivity index (χ4n) is 2.16. The lowest BCUT2D eigenvalue weighted by Crippen LogP contribution is -2.36. The fourth-order valence-corrected chi connectivity index (χ4v) is 2.77. The number of nitrogens with zero attached hydrogens (tertiary/aromatic N) is 3. The van der Waals surface area contributed by atoms with E-state index in [0.29, 0.717) is 16.5 Å². The molecule has 0 aliphatic carbocycles. The van der Waals surface area contributed by atoms with Crippen molar-refractivity contribution in [2.45, 2.75) is 25.1 Å². The number of aromatic nitrogens is 2. The molecule has 2 bridgehead atoms. The summed E-state index contributed by atoms with van der Waals surface area (Å²) in [5.41, 5.74) is 0.907. The van der Waals surface area contributed by atoms with Gasteiger partial charge in [-0.3, -0.25) is 4.90 Å². The predicted molar refractivity (Wildman–Crippen MR) is 53.5 cm³/mol. The van der Waals surface area contributed by atoms with Crippen LogP contribution < -0.4 is 0 Å². The number of halogens is 1. The highest BCUT2D eigenvalue weighted by atomic mass is 35.5. The molecule has 2 atom stereocenters. The largest absolute Gasteiger partial charge is 0.375 e. The molecule has 2 aliphatic rings. The van der Waals surface area contributed by atoms with E-state index < -0.39 is 0 Å². The zero-order valence-corrected chi connectivity index (χ0v) is 9.09. The smallest absolute Gasteiger partial charge is 0.138 e. The molecule has 0 amide bonds. The Labute approximate surface area is 91.0 Å². The average Bonchev–Trinajstić information content (AvgIpc) is 2.83. The lowest BCUT2D eigenvalue weighted by atomic mass is 10.2. The monoisotopic (exact) mass is 231 g/mol. The Balaban J connectivity index is 1.71. The zero-order chi connectivity index (χ0) is 9.54. The van der Waals surface area contributed by atoms with Crippen LogP contribution >= 0.6 is 23.1 Å². The first-order chi connectivity index (χ1) is 6.83. The van der Waals surface area contributed by atoms with Gasteiger partial charge in [0.1, 0.15) is 10.0 Å². The van der Waals surface area contributed by atoms with Crippen LogP contribution in [0.3, 0.4) is 0 Å². The summed E-state index contributed by atoms with van der Waals surface area (Å²) in [6, 6.07) is 0.567. The van der Waals surface area contributed by atoms with E-state index in [2.05, 4.69) is 14.5 Å². The van der Waals surface area contributed by atoms with E-state index in [-0.39, 0.29) is 0 Å². The normalized spacial score (nSPS) is 31.5. The number of hydrogen-bond donors (Lipinski definition) is 0. The van der Waals surface area contributed by atoms with E-state index in [1.807, 2.05) is 0 Å². The van der Waals surface area contributed by atoms with Crippen LogP contribution in [0.5, 0.6) is 0 Å². The number of ether oxygens (including phenoxy) is 1. The van der Waals surface area contributed by atoms with Gasteiger partial charge in [-0.25, -0.2) is 0 Å². The minimum atomic E-state index is 0.436. The molecule has 4 nitrogen and oxygen atoms in total. The Kier molecular flexibility index (Phi) is 2.20. The highest BCUT2D eigenvalue weighted by Crippen LogP contribution is 2.30. The second kappa shape index (κ2) is 3.41. The Morgan fingerprint density at radius 2 is 2.57 bits per heavy atom. The minimum Gasteiger partial charge on any atom is -0.375 e. The molecule has 76 valence electrons. The zero-order valence-electron chi connectivity index (χ0n) is 7.52. The summed E-state index contributed by atoms with van der Waals surface area (Å²) in [7, 11) is 0. The number of likely N-dealkylation sites (tertiary alicyclic amines) is 1. The fraction of sp³-hybridized carbons (Fsp3) is 0.750. The number of rotatable bonds is 2. The van der Waals surface area contributed by atoms with Crippen LogP contribution in [0.1, 0.15) is 12.1 Å². The molecule has 0 aromatic carbocycles. The summed E-state index contributed by atoms with van der Waals surface area (Å²) in [5.74, 6) is 0. The SMILES string of the molecule is Clc1snnc1CN1CC2CC1CO2. The maximum Gasteiger partial charge on any atom is 0.138 e. The van der Waals surface area contributed by atoms with Crippen molar-refractivity contribution >= 4 is 23.1 Å². The Morgan fingerprint density at radius 3 is 3.14 bits per heavy atom. The predicted octanol–water partition coefficient (Wildman–Crippen LogP) is 1.16. The quantitative estimate of drug-likeness (QED) is 0.766. The number of hydrogen-bond acceptors (Lipinski definition) is 5. The first-order valence-electron chi connectivity index (χ1n) is 4.65. The summed E-state index contributed by atoms with van der Waals surface area (Å²) in [6.07, 6.45) is 1.60. The van der Waals surface area contributed by atoms with Crippen molar-refractivity contribution in [2.75, 3.05) is 13.2 Å². The van der Waals surface area contributed by atoms with Crippen molar-refractivity contribution in [1.29, 1.82) is 0 Å². The van der Waals surface area contributed by atoms with Crippen LogP contribution in [0.2, 0.25) is 4.34 Å². The first kappa shape index (κ1) is 9.03. The molecule has 1 aromatic rings. The van der Waals surface area contributed by atoms with Gasteiger partial charge in [-0.1, -0.05) is 16.1 Å². The first-order valence-corrected chi connectivity index (χ1v) is 5.80. The van der Waals surface area contributed by atoms with Gasteiger partial charge in [0, 0.05) is 30.7 Å². The van der Waals surface area contributed by atoms with Crippen molar-refractivity contribution in [3.8, 4) is 0 Å². The topological polar surface area (TPSA) is 38.2 Å². The maximum absolute atomic E-state index is 5.96. The van der Waals surface area contributed by atoms with Crippen LogP contribution in [0, 0.1) is 0 Å². The van der Waals surface area contributed by atoms with Crippen molar-refractivity contribution in [1.82, 2.24) is 14.5 Å². The Hall–Kier alpha value is -0.230. The highest BCUT2D eigenvalue weighted by molar-refractivity contribution is 7.10. The minimum absolute atomic E-state index is 0.436. The molecule has 3 heterocycles. The van der Waals surface area contributed by atoms with E-state index in [1.165, 1.54) is 11.5 Å².